The first-order chi connectivity index (χ1) is 21.0. The fourth-order valence-corrected chi connectivity index (χ4v) is 5.04. The summed E-state index contributed by atoms with van der Waals surface area (Å²) in [4.78, 5) is 41.2. The maximum atomic E-state index is 14.8. The molecule has 4 heterocycles. The zero-order chi connectivity index (χ0) is 31.3. The SMILES string of the molecule is Cc1ccc(-c2cc(CN3CC[C@@H](F)[C@H](NC(=O)OC(C)(C)C)C3)cc(NC(=O)c3cc(-c4ccccc4)ccn3)n2)cn1. The van der Waals surface area contributed by atoms with Crippen LogP contribution >= 0.6 is 0 Å². The van der Waals surface area contributed by atoms with E-state index in [9.17, 15) is 14.0 Å². The number of aryl methyl sites for hydroxylation is 1. The summed E-state index contributed by atoms with van der Waals surface area (Å²) in [6.45, 7) is 8.49. The van der Waals surface area contributed by atoms with Crippen LogP contribution < -0.4 is 10.6 Å². The fourth-order valence-electron chi connectivity index (χ4n) is 5.04. The molecule has 2 amide bonds. The Labute approximate surface area is 256 Å². The average molecular weight is 597 g/mol. The van der Waals surface area contributed by atoms with Gasteiger partial charge in [0, 0.05) is 43.3 Å². The molecular formula is C34H37FN6O3. The Kier molecular flexibility index (Phi) is 9.29. The van der Waals surface area contributed by atoms with Gasteiger partial charge in [0.2, 0.25) is 0 Å². The number of hydrogen-bond donors (Lipinski definition) is 2. The number of piperidine rings is 1. The van der Waals surface area contributed by atoms with Crippen molar-refractivity contribution in [1.82, 2.24) is 25.2 Å². The number of ether oxygens (including phenoxy) is 1. The quantitative estimate of drug-likeness (QED) is 0.261. The second-order valence-electron chi connectivity index (χ2n) is 12.0. The van der Waals surface area contributed by atoms with E-state index in [1.54, 1.807) is 39.2 Å². The smallest absolute Gasteiger partial charge is 0.408 e. The van der Waals surface area contributed by atoms with E-state index in [1.807, 2.05) is 67.6 Å². The normalized spacial score (nSPS) is 17.1. The third-order valence-electron chi connectivity index (χ3n) is 7.15. The van der Waals surface area contributed by atoms with E-state index in [0.29, 0.717) is 31.1 Å². The van der Waals surface area contributed by atoms with Crippen molar-refractivity contribution < 1.29 is 18.7 Å². The lowest BCUT2D eigenvalue weighted by molar-refractivity contribution is 0.0388. The van der Waals surface area contributed by atoms with Crippen LogP contribution in [0.5, 0.6) is 0 Å². The molecule has 1 fully saturated rings. The number of rotatable bonds is 7. The molecule has 228 valence electrons. The van der Waals surface area contributed by atoms with Crippen LogP contribution in [0, 0.1) is 6.92 Å². The number of alkyl carbamates (subject to hydrolysis) is 1. The number of carbonyl (C=O) groups excluding carboxylic acids is 2. The number of halogens is 1. The van der Waals surface area contributed by atoms with Gasteiger partial charge in [0.15, 0.2) is 0 Å². The first-order valence-electron chi connectivity index (χ1n) is 14.7. The second kappa shape index (κ2) is 13.3. The topological polar surface area (TPSA) is 109 Å². The van der Waals surface area contributed by atoms with E-state index in [4.69, 9.17) is 9.72 Å². The first kappa shape index (κ1) is 30.7. The molecule has 9 nitrogen and oxygen atoms in total. The Morgan fingerprint density at radius 1 is 1.00 bits per heavy atom. The highest BCUT2D eigenvalue weighted by molar-refractivity contribution is 6.03. The minimum absolute atomic E-state index is 0.262. The van der Waals surface area contributed by atoms with Crippen LogP contribution in [0.3, 0.4) is 0 Å². The van der Waals surface area contributed by atoms with Crippen LogP contribution in [-0.2, 0) is 11.3 Å². The van der Waals surface area contributed by atoms with Crippen molar-refractivity contribution in [2.45, 2.75) is 58.5 Å². The van der Waals surface area contributed by atoms with Gasteiger partial charge < -0.3 is 15.4 Å². The Morgan fingerprint density at radius 3 is 2.52 bits per heavy atom. The lowest BCUT2D eigenvalue weighted by Crippen LogP contribution is -2.54. The molecule has 1 aliphatic rings. The maximum absolute atomic E-state index is 14.8. The highest BCUT2D eigenvalue weighted by atomic mass is 19.1. The second-order valence-corrected chi connectivity index (χ2v) is 12.0. The number of amides is 2. The van der Waals surface area contributed by atoms with Crippen LogP contribution in [0.4, 0.5) is 15.0 Å². The summed E-state index contributed by atoms with van der Waals surface area (Å²) in [7, 11) is 0. The van der Waals surface area contributed by atoms with Gasteiger partial charge in [-0.25, -0.2) is 14.2 Å². The molecule has 1 saturated heterocycles. The van der Waals surface area contributed by atoms with Crippen molar-refractivity contribution in [2.24, 2.45) is 0 Å². The molecule has 0 spiro atoms. The Balaban J connectivity index is 1.37. The summed E-state index contributed by atoms with van der Waals surface area (Å²) < 4.78 is 20.2. The molecule has 0 radical (unpaired) electrons. The number of alkyl halides is 1. The minimum atomic E-state index is -1.18. The number of nitrogens with zero attached hydrogens (tertiary/aromatic N) is 4. The highest BCUT2D eigenvalue weighted by Gasteiger charge is 2.32. The van der Waals surface area contributed by atoms with Crippen molar-refractivity contribution in [2.75, 3.05) is 18.4 Å². The Morgan fingerprint density at radius 2 is 1.80 bits per heavy atom. The third-order valence-corrected chi connectivity index (χ3v) is 7.15. The molecule has 10 heteroatoms. The van der Waals surface area contributed by atoms with Gasteiger partial charge in [-0.15, -0.1) is 0 Å². The van der Waals surface area contributed by atoms with Crippen LogP contribution in [0.25, 0.3) is 22.4 Å². The molecule has 0 bridgehead atoms. The van der Waals surface area contributed by atoms with E-state index in [-0.39, 0.29) is 18.0 Å². The molecule has 1 aromatic carbocycles. The van der Waals surface area contributed by atoms with Gasteiger partial charge in [-0.05, 0) is 87.2 Å². The summed E-state index contributed by atoms with van der Waals surface area (Å²) in [6.07, 6.45) is 1.81. The van der Waals surface area contributed by atoms with Gasteiger partial charge in [-0.3, -0.25) is 19.7 Å². The molecule has 4 aromatic rings. The summed E-state index contributed by atoms with van der Waals surface area (Å²) >= 11 is 0. The van der Waals surface area contributed by atoms with Gasteiger partial charge in [0.1, 0.15) is 23.3 Å². The van der Waals surface area contributed by atoms with Crippen LogP contribution in [0.15, 0.2) is 79.1 Å². The minimum Gasteiger partial charge on any atom is -0.444 e. The van der Waals surface area contributed by atoms with Gasteiger partial charge >= 0.3 is 6.09 Å². The number of anilines is 1. The molecule has 0 aliphatic carbocycles. The lowest BCUT2D eigenvalue weighted by atomic mass is 10.0. The van der Waals surface area contributed by atoms with Crippen LogP contribution in [0.2, 0.25) is 0 Å². The number of nitrogens with one attached hydrogen (secondary N) is 2. The van der Waals surface area contributed by atoms with Crippen molar-refractivity contribution in [3.63, 3.8) is 0 Å². The predicted molar refractivity (Wildman–Crippen MR) is 168 cm³/mol. The predicted octanol–water partition coefficient (Wildman–Crippen LogP) is 6.20. The Bertz CT molecular complexity index is 1610. The van der Waals surface area contributed by atoms with Crippen molar-refractivity contribution in [1.29, 1.82) is 0 Å². The van der Waals surface area contributed by atoms with Crippen molar-refractivity contribution in [3.8, 4) is 22.4 Å². The summed E-state index contributed by atoms with van der Waals surface area (Å²) in [5.74, 6) is -0.0286. The van der Waals surface area contributed by atoms with Gasteiger partial charge in [-0.2, -0.15) is 0 Å². The maximum Gasteiger partial charge on any atom is 0.408 e. The fraction of sp³-hybridized carbons (Fsp3) is 0.324. The van der Waals surface area contributed by atoms with Crippen LogP contribution in [-0.4, -0.2) is 62.8 Å². The van der Waals surface area contributed by atoms with Crippen molar-refractivity contribution in [3.05, 3.63) is 96.1 Å². The summed E-state index contributed by atoms with van der Waals surface area (Å²) in [5, 5.41) is 5.61. The largest absolute Gasteiger partial charge is 0.444 e. The zero-order valence-corrected chi connectivity index (χ0v) is 25.4. The van der Waals surface area contributed by atoms with Crippen molar-refractivity contribution >= 4 is 17.8 Å². The molecule has 0 unspecified atom stereocenters. The standard InChI is InChI=1S/C34H37FN6O3/c1-22-10-11-26(19-37-22)28-16-23(20-41-15-13-27(35)30(21-41)39-33(43)44-34(2,3)4)17-31(38-28)40-32(42)29-18-25(12-14-36-29)24-8-6-5-7-9-24/h5-12,14,16-19,27,30H,13,15,20-21H2,1-4H3,(H,39,43)(H,38,40,42)/t27-,30-/m1/s1. The molecule has 2 atom stereocenters. The number of hydrogen-bond acceptors (Lipinski definition) is 7. The monoisotopic (exact) mass is 596 g/mol. The zero-order valence-electron chi connectivity index (χ0n) is 25.4. The average Bonchev–Trinajstić information content (AvgIpc) is 2.98. The van der Waals surface area contributed by atoms with Gasteiger partial charge in [0.25, 0.3) is 5.91 Å². The number of aromatic nitrogens is 3. The number of benzene rings is 1. The molecule has 2 N–H and O–H groups in total. The van der Waals surface area contributed by atoms with E-state index in [0.717, 1.165) is 27.9 Å². The first-order valence-corrected chi connectivity index (χ1v) is 14.7. The Hall–Kier alpha value is -4.70. The van der Waals surface area contributed by atoms with Crippen LogP contribution in [0.1, 0.15) is 48.9 Å². The molecule has 44 heavy (non-hydrogen) atoms. The molecule has 3 aromatic heterocycles. The number of pyridine rings is 3. The number of carbonyl (C=O) groups is 2. The molecule has 0 saturated carbocycles. The third kappa shape index (κ3) is 8.23. The van der Waals surface area contributed by atoms with Gasteiger partial charge in [-0.1, -0.05) is 30.3 Å². The van der Waals surface area contributed by atoms with Gasteiger partial charge in [0.05, 0.1) is 11.7 Å². The molecule has 1 aliphatic heterocycles. The highest BCUT2D eigenvalue weighted by Crippen LogP contribution is 2.25. The van der Waals surface area contributed by atoms with E-state index >= 15 is 0 Å². The summed E-state index contributed by atoms with van der Waals surface area (Å²) in [5.41, 5.74) is 4.62. The molecular weight excluding hydrogens is 559 g/mol. The summed E-state index contributed by atoms with van der Waals surface area (Å²) in [6, 6.07) is 20.3. The number of likely N-dealkylation sites (tertiary alicyclic amines) is 1. The van der Waals surface area contributed by atoms with E-state index in [2.05, 4.69) is 25.5 Å². The van der Waals surface area contributed by atoms with E-state index in [1.165, 1.54) is 0 Å². The molecule has 5 rings (SSSR count). The van der Waals surface area contributed by atoms with E-state index < -0.39 is 23.9 Å². The lowest BCUT2D eigenvalue weighted by Gasteiger charge is -2.35.